The Morgan fingerprint density at radius 3 is 2.46 bits per heavy atom. The van der Waals surface area contributed by atoms with Crippen LogP contribution in [0.5, 0.6) is 5.88 Å². The summed E-state index contributed by atoms with van der Waals surface area (Å²) < 4.78 is 1.85. The van der Waals surface area contributed by atoms with E-state index in [-0.39, 0.29) is 5.88 Å². The Morgan fingerprint density at radius 2 is 1.75 bits per heavy atom. The van der Waals surface area contributed by atoms with E-state index in [0.29, 0.717) is 17.8 Å². The van der Waals surface area contributed by atoms with Gasteiger partial charge in [-0.1, -0.05) is 36.4 Å². The highest BCUT2D eigenvalue weighted by atomic mass is 16.3. The summed E-state index contributed by atoms with van der Waals surface area (Å²) in [6.45, 7) is 9.82. The summed E-state index contributed by atoms with van der Waals surface area (Å²) in [5.74, 6) is -0.365. The summed E-state index contributed by atoms with van der Waals surface area (Å²) in [7, 11) is 0. The zero-order valence-electron chi connectivity index (χ0n) is 16.6. The van der Waals surface area contributed by atoms with Gasteiger partial charge in [0.2, 0.25) is 5.88 Å². The third-order valence-corrected chi connectivity index (χ3v) is 5.22. The first-order valence-corrected chi connectivity index (χ1v) is 9.72. The number of nitrogens with one attached hydrogen (secondary N) is 1. The Morgan fingerprint density at radius 1 is 1.07 bits per heavy atom. The zero-order valence-corrected chi connectivity index (χ0v) is 16.6. The van der Waals surface area contributed by atoms with E-state index < -0.39 is 5.91 Å². The molecule has 0 aliphatic rings. The molecule has 146 valence electrons. The molecule has 0 radical (unpaired) electrons. The van der Waals surface area contributed by atoms with Crippen molar-refractivity contribution in [3.8, 4) is 5.88 Å². The predicted octanol–water partition coefficient (Wildman–Crippen LogP) is 3.50. The molecule has 0 unspecified atom stereocenters. The van der Waals surface area contributed by atoms with Gasteiger partial charge in [0.15, 0.2) is 5.69 Å². The number of hydrogen-bond donors (Lipinski definition) is 2. The van der Waals surface area contributed by atoms with Crippen molar-refractivity contribution >= 4 is 22.5 Å². The van der Waals surface area contributed by atoms with Gasteiger partial charge >= 0.3 is 0 Å². The van der Waals surface area contributed by atoms with Crippen LogP contribution in [-0.4, -0.2) is 35.2 Å². The second-order valence-electron chi connectivity index (χ2n) is 6.87. The number of aromatic hydroxyl groups is 1. The zero-order chi connectivity index (χ0) is 20.1. The van der Waals surface area contributed by atoms with Gasteiger partial charge < -0.3 is 14.6 Å². The van der Waals surface area contributed by atoms with E-state index in [4.69, 9.17) is 0 Å². The van der Waals surface area contributed by atoms with Crippen molar-refractivity contribution in [3.05, 3.63) is 59.7 Å². The number of aryl methyl sites for hydroxylation is 1. The normalized spacial score (nSPS) is 11.7. The highest BCUT2D eigenvalue weighted by molar-refractivity contribution is 5.98. The van der Waals surface area contributed by atoms with Crippen LogP contribution >= 0.6 is 0 Å². The molecule has 0 atom stereocenters. The summed E-state index contributed by atoms with van der Waals surface area (Å²) in [6.07, 6.45) is 0. The number of quaternary nitrogens is 1. The van der Waals surface area contributed by atoms with E-state index in [1.165, 1.54) is 4.90 Å². The van der Waals surface area contributed by atoms with E-state index in [9.17, 15) is 9.90 Å². The molecule has 2 N–H and O–H groups in total. The Bertz CT molecular complexity index is 1000. The number of nitrogens with zero attached hydrogens (tertiary/aromatic N) is 3. The average molecular weight is 379 g/mol. The molecule has 0 saturated carbocycles. The van der Waals surface area contributed by atoms with E-state index >= 15 is 0 Å². The summed E-state index contributed by atoms with van der Waals surface area (Å²) in [4.78, 5) is 13.9. The highest BCUT2D eigenvalue weighted by Gasteiger charge is 2.18. The maximum absolute atomic E-state index is 12.4. The molecule has 3 rings (SSSR count). The molecular weight excluding hydrogens is 352 g/mol. The van der Waals surface area contributed by atoms with Gasteiger partial charge in [-0.05, 0) is 38.5 Å². The molecule has 1 amide bonds. The SMILES string of the molecule is CC[NH+](CC)CCn1c(O)c(N=NC(=O)c2ccccc2C)c2ccccc21. The number of azo groups is 1. The standard InChI is InChI=1S/C22H26N4O2/c1-4-25(5-2)14-15-26-19-13-9-8-12-18(19)20(22(26)28)23-24-21(27)17-11-7-6-10-16(17)3/h6-13,28H,4-5,14-15H2,1-3H3/p+1. The van der Waals surface area contributed by atoms with Gasteiger partial charge in [-0.3, -0.25) is 4.79 Å². The lowest BCUT2D eigenvalue weighted by molar-refractivity contribution is -0.897. The molecule has 0 spiro atoms. The van der Waals surface area contributed by atoms with Crippen molar-refractivity contribution < 1.29 is 14.8 Å². The minimum absolute atomic E-state index is 0.0501. The third kappa shape index (κ3) is 3.97. The number of benzene rings is 2. The largest absolute Gasteiger partial charge is 0.493 e. The van der Waals surface area contributed by atoms with Crippen molar-refractivity contribution in [2.75, 3.05) is 19.6 Å². The van der Waals surface area contributed by atoms with Crippen LogP contribution < -0.4 is 4.90 Å². The van der Waals surface area contributed by atoms with Gasteiger partial charge in [-0.15, -0.1) is 10.2 Å². The fraction of sp³-hybridized carbons (Fsp3) is 0.318. The molecule has 0 aliphatic heterocycles. The van der Waals surface area contributed by atoms with Crippen molar-refractivity contribution in [1.82, 2.24) is 4.57 Å². The Balaban J connectivity index is 1.94. The smallest absolute Gasteiger partial charge is 0.295 e. The van der Waals surface area contributed by atoms with Gasteiger partial charge in [0.05, 0.1) is 31.7 Å². The second kappa shape index (κ2) is 8.80. The number of carbonyl (C=O) groups is 1. The number of fused-ring (bicyclic) bond motifs is 1. The van der Waals surface area contributed by atoms with Crippen molar-refractivity contribution in [1.29, 1.82) is 0 Å². The van der Waals surface area contributed by atoms with Gasteiger partial charge in [0.25, 0.3) is 5.91 Å². The molecule has 28 heavy (non-hydrogen) atoms. The topological polar surface area (TPSA) is 71.4 Å². The fourth-order valence-corrected chi connectivity index (χ4v) is 3.43. The quantitative estimate of drug-likeness (QED) is 0.617. The third-order valence-electron chi connectivity index (χ3n) is 5.22. The monoisotopic (exact) mass is 379 g/mol. The van der Waals surface area contributed by atoms with Crippen LogP contribution in [-0.2, 0) is 6.54 Å². The number of rotatable bonds is 7. The maximum atomic E-state index is 12.4. The van der Waals surface area contributed by atoms with E-state index in [1.807, 2.05) is 47.9 Å². The number of likely N-dealkylation sites (N-methyl/N-ethyl adjacent to an activating group) is 1. The van der Waals surface area contributed by atoms with E-state index in [0.717, 1.165) is 36.1 Å². The molecule has 0 aliphatic carbocycles. The van der Waals surface area contributed by atoms with Gasteiger partial charge in [0.1, 0.15) is 0 Å². The molecule has 6 heteroatoms. The first-order chi connectivity index (χ1) is 13.6. The molecule has 0 bridgehead atoms. The molecule has 1 heterocycles. The summed E-state index contributed by atoms with van der Waals surface area (Å²) in [5.41, 5.74) is 2.59. The maximum Gasteiger partial charge on any atom is 0.295 e. The van der Waals surface area contributed by atoms with Crippen LogP contribution in [0.1, 0.15) is 29.8 Å². The fourth-order valence-electron chi connectivity index (χ4n) is 3.43. The number of amides is 1. The van der Waals surface area contributed by atoms with Crippen LogP contribution in [0.25, 0.3) is 10.9 Å². The lowest BCUT2D eigenvalue weighted by Crippen LogP contribution is -3.11. The molecule has 6 nitrogen and oxygen atoms in total. The second-order valence-corrected chi connectivity index (χ2v) is 6.87. The lowest BCUT2D eigenvalue weighted by atomic mass is 10.1. The van der Waals surface area contributed by atoms with Crippen molar-refractivity contribution in [2.24, 2.45) is 10.2 Å². The van der Waals surface area contributed by atoms with Crippen molar-refractivity contribution in [2.45, 2.75) is 27.3 Å². The first kappa shape index (κ1) is 19.8. The first-order valence-electron chi connectivity index (χ1n) is 9.72. The summed E-state index contributed by atoms with van der Waals surface area (Å²) >= 11 is 0. The molecule has 0 saturated heterocycles. The lowest BCUT2D eigenvalue weighted by Gasteiger charge is -2.16. The minimum Gasteiger partial charge on any atom is -0.493 e. The molecule has 1 aromatic heterocycles. The molecule has 0 fully saturated rings. The Kier molecular flexibility index (Phi) is 6.21. The van der Waals surface area contributed by atoms with E-state index in [2.05, 4.69) is 24.1 Å². The van der Waals surface area contributed by atoms with Crippen LogP contribution in [0.15, 0.2) is 58.8 Å². The molecule has 3 aromatic rings. The molecular formula is C22H27N4O2+. The van der Waals surface area contributed by atoms with Crippen LogP contribution in [0.4, 0.5) is 5.69 Å². The Hall–Kier alpha value is -2.99. The average Bonchev–Trinajstić information content (AvgIpc) is 2.98. The highest BCUT2D eigenvalue weighted by Crippen LogP contribution is 2.38. The Labute approximate surface area is 165 Å². The summed E-state index contributed by atoms with van der Waals surface area (Å²) in [5, 5.41) is 19.6. The van der Waals surface area contributed by atoms with Gasteiger partial charge in [-0.2, -0.15) is 0 Å². The number of hydrogen-bond acceptors (Lipinski definition) is 3. The van der Waals surface area contributed by atoms with Crippen molar-refractivity contribution in [3.63, 3.8) is 0 Å². The van der Waals surface area contributed by atoms with Gasteiger partial charge in [-0.25, -0.2) is 0 Å². The predicted molar refractivity (Wildman–Crippen MR) is 111 cm³/mol. The number of para-hydroxylation sites is 1. The number of carbonyl (C=O) groups excluding carboxylic acids is 1. The van der Waals surface area contributed by atoms with E-state index in [1.54, 1.807) is 12.1 Å². The summed E-state index contributed by atoms with van der Waals surface area (Å²) in [6, 6.07) is 14.9. The van der Waals surface area contributed by atoms with Gasteiger partial charge in [0, 0.05) is 10.9 Å². The minimum atomic E-state index is -0.415. The number of aromatic nitrogens is 1. The molecule has 2 aromatic carbocycles. The van der Waals surface area contributed by atoms with Crippen LogP contribution in [0.2, 0.25) is 0 Å². The van der Waals surface area contributed by atoms with Crippen LogP contribution in [0, 0.1) is 6.92 Å². The van der Waals surface area contributed by atoms with Crippen LogP contribution in [0.3, 0.4) is 0 Å².